The number of methoxy groups -OCH3 is 1. The van der Waals surface area contributed by atoms with E-state index in [1.54, 1.807) is 61.3 Å². The molecule has 2 aromatic rings. The summed E-state index contributed by atoms with van der Waals surface area (Å²) in [5.41, 5.74) is 1.55. The Hall–Kier alpha value is -3.08. The molecule has 8 heteroatoms. The summed E-state index contributed by atoms with van der Waals surface area (Å²) >= 11 is 5.96. The molecule has 2 aromatic carbocycles. The van der Waals surface area contributed by atoms with Crippen LogP contribution in [-0.4, -0.2) is 43.5 Å². The molecule has 146 valence electrons. The van der Waals surface area contributed by atoms with Crippen molar-refractivity contribution in [2.24, 2.45) is 0 Å². The molecule has 0 spiro atoms. The van der Waals surface area contributed by atoms with E-state index in [4.69, 9.17) is 21.6 Å². The molecule has 1 atom stereocenters. The van der Waals surface area contributed by atoms with Crippen LogP contribution in [0.2, 0.25) is 5.02 Å². The van der Waals surface area contributed by atoms with Gasteiger partial charge in [-0.2, -0.15) is 5.26 Å². The molecule has 0 aromatic heterocycles. The third-order valence-electron chi connectivity index (χ3n) is 4.15. The highest BCUT2D eigenvalue weighted by Crippen LogP contribution is 2.27. The van der Waals surface area contributed by atoms with Crippen LogP contribution in [0.15, 0.2) is 42.5 Å². The largest absolute Gasteiger partial charge is 0.495 e. The molecule has 0 saturated heterocycles. The molecule has 0 heterocycles. The fraction of sp³-hybridized carbons (Fsp3) is 0.250. The number of nitriles is 1. The van der Waals surface area contributed by atoms with Crippen molar-refractivity contribution in [2.45, 2.75) is 13.0 Å². The van der Waals surface area contributed by atoms with E-state index < -0.39 is 6.04 Å². The van der Waals surface area contributed by atoms with Crippen molar-refractivity contribution >= 4 is 34.8 Å². The molecule has 0 radical (unpaired) electrons. The standard InChI is InChI=1S/C20H21ClN4O3/c1-13(20(27)23-16-7-4-14(11-22)5-8-16)25(2)12-19(26)24-17-10-15(21)6-9-18(17)28-3/h4-10,13H,12H2,1-3H3,(H,23,27)(H,24,26)/t13-/m0/s1. The van der Waals surface area contributed by atoms with Gasteiger partial charge in [-0.3, -0.25) is 14.5 Å². The predicted octanol–water partition coefficient (Wildman–Crippen LogP) is 3.12. The summed E-state index contributed by atoms with van der Waals surface area (Å²) in [6, 6.07) is 12.9. The topological polar surface area (TPSA) is 94.5 Å². The average molecular weight is 401 g/mol. The summed E-state index contributed by atoms with van der Waals surface area (Å²) in [5.74, 6) is -0.0755. The Labute approximate surface area is 168 Å². The first kappa shape index (κ1) is 21.2. The van der Waals surface area contributed by atoms with Crippen LogP contribution in [0.25, 0.3) is 0 Å². The highest BCUT2D eigenvalue weighted by molar-refractivity contribution is 6.31. The van der Waals surface area contributed by atoms with E-state index in [0.29, 0.717) is 27.7 Å². The lowest BCUT2D eigenvalue weighted by atomic mass is 10.2. The Bertz CT molecular complexity index is 893. The SMILES string of the molecule is COc1ccc(Cl)cc1NC(=O)CN(C)[C@@H](C)C(=O)Nc1ccc(C#N)cc1. The van der Waals surface area contributed by atoms with Gasteiger partial charge in [-0.05, 0) is 56.4 Å². The van der Waals surface area contributed by atoms with Gasteiger partial charge in [0.15, 0.2) is 0 Å². The van der Waals surface area contributed by atoms with E-state index in [2.05, 4.69) is 10.6 Å². The number of hydrogen-bond donors (Lipinski definition) is 2. The number of ether oxygens (including phenoxy) is 1. The molecular weight excluding hydrogens is 380 g/mol. The zero-order chi connectivity index (χ0) is 20.7. The fourth-order valence-electron chi connectivity index (χ4n) is 2.41. The maximum Gasteiger partial charge on any atom is 0.241 e. The fourth-order valence-corrected chi connectivity index (χ4v) is 2.58. The Kier molecular flexibility index (Phi) is 7.38. The molecular formula is C20H21ClN4O3. The molecule has 28 heavy (non-hydrogen) atoms. The Balaban J connectivity index is 1.94. The van der Waals surface area contributed by atoms with Crippen LogP contribution in [0.3, 0.4) is 0 Å². The normalized spacial score (nSPS) is 11.4. The molecule has 0 fully saturated rings. The lowest BCUT2D eigenvalue weighted by Gasteiger charge is -2.23. The predicted molar refractivity (Wildman–Crippen MR) is 109 cm³/mol. The van der Waals surface area contributed by atoms with Crippen LogP contribution in [0, 0.1) is 11.3 Å². The molecule has 0 bridgehead atoms. The quantitative estimate of drug-likeness (QED) is 0.744. The Morgan fingerprint density at radius 2 is 1.89 bits per heavy atom. The molecule has 0 aliphatic heterocycles. The second-order valence-electron chi connectivity index (χ2n) is 6.16. The average Bonchev–Trinajstić information content (AvgIpc) is 2.68. The Morgan fingerprint density at radius 1 is 1.21 bits per heavy atom. The minimum Gasteiger partial charge on any atom is -0.495 e. The van der Waals surface area contributed by atoms with Crippen LogP contribution in [0.1, 0.15) is 12.5 Å². The van der Waals surface area contributed by atoms with Gasteiger partial charge in [-0.15, -0.1) is 0 Å². The number of amides is 2. The van der Waals surface area contributed by atoms with Gasteiger partial charge < -0.3 is 15.4 Å². The highest BCUT2D eigenvalue weighted by atomic mass is 35.5. The summed E-state index contributed by atoms with van der Waals surface area (Å²) in [4.78, 5) is 26.4. The minimum atomic E-state index is -0.553. The molecule has 7 nitrogen and oxygen atoms in total. The van der Waals surface area contributed by atoms with Gasteiger partial charge in [-0.25, -0.2) is 0 Å². The van der Waals surface area contributed by atoms with Crippen molar-refractivity contribution in [3.8, 4) is 11.8 Å². The second kappa shape index (κ2) is 9.74. The van der Waals surface area contributed by atoms with Gasteiger partial charge in [0.2, 0.25) is 11.8 Å². The maximum absolute atomic E-state index is 12.4. The van der Waals surface area contributed by atoms with Crippen molar-refractivity contribution in [3.63, 3.8) is 0 Å². The zero-order valence-corrected chi connectivity index (χ0v) is 16.6. The first-order chi connectivity index (χ1) is 13.3. The maximum atomic E-state index is 12.4. The summed E-state index contributed by atoms with van der Waals surface area (Å²) < 4.78 is 5.20. The first-order valence-electron chi connectivity index (χ1n) is 8.48. The van der Waals surface area contributed by atoms with Crippen LogP contribution < -0.4 is 15.4 Å². The van der Waals surface area contributed by atoms with E-state index in [1.165, 1.54) is 7.11 Å². The lowest BCUT2D eigenvalue weighted by molar-refractivity contribution is -0.122. The number of carbonyl (C=O) groups excluding carboxylic acids is 2. The highest BCUT2D eigenvalue weighted by Gasteiger charge is 2.21. The smallest absolute Gasteiger partial charge is 0.241 e. The van der Waals surface area contributed by atoms with Gasteiger partial charge >= 0.3 is 0 Å². The molecule has 0 aliphatic rings. The van der Waals surface area contributed by atoms with Crippen LogP contribution >= 0.6 is 11.6 Å². The summed E-state index contributed by atoms with van der Waals surface area (Å²) in [6.45, 7) is 1.70. The summed E-state index contributed by atoms with van der Waals surface area (Å²) in [5, 5.41) is 14.8. The van der Waals surface area contributed by atoms with Gasteiger partial charge in [0.25, 0.3) is 0 Å². The summed E-state index contributed by atoms with van der Waals surface area (Å²) in [7, 11) is 3.18. The second-order valence-corrected chi connectivity index (χ2v) is 6.60. The molecule has 2 rings (SSSR count). The van der Waals surface area contributed by atoms with Crippen LogP contribution in [0.5, 0.6) is 5.75 Å². The number of likely N-dealkylation sites (N-methyl/N-ethyl adjacent to an activating group) is 1. The molecule has 0 unspecified atom stereocenters. The number of carbonyl (C=O) groups is 2. The third-order valence-corrected chi connectivity index (χ3v) is 4.39. The number of rotatable bonds is 7. The summed E-state index contributed by atoms with van der Waals surface area (Å²) in [6.07, 6.45) is 0. The number of nitrogens with zero attached hydrogens (tertiary/aromatic N) is 2. The number of benzene rings is 2. The number of nitrogens with one attached hydrogen (secondary N) is 2. The molecule has 0 aliphatic carbocycles. The first-order valence-corrected chi connectivity index (χ1v) is 8.86. The zero-order valence-electron chi connectivity index (χ0n) is 15.8. The van der Waals surface area contributed by atoms with Crippen LogP contribution in [-0.2, 0) is 9.59 Å². The lowest BCUT2D eigenvalue weighted by Crippen LogP contribution is -2.43. The van der Waals surface area contributed by atoms with E-state index >= 15 is 0 Å². The van der Waals surface area contributed by atoms with E-state index in [9.17, 15) is 9.59 Å². The van der Waals surface area contributed by atoms with Crippen molar-refractivity contribution in [1.29, 1.82) is 5.26 Å². The van der Waals surface area contributed by atoms with Gasteiger partial charge in [0, 0.05) is 10.7 Å². The monoisotopic (exact) mass is 400 g/mol. The number of hydrogen-bond acceptors (Lipinski definition) is 5. The van der Waals surface area contributed by atoms with Crippen molar-refractivity contribution in [3.05, 3.63) is 53.1 Å². The third kappa shape index (κ3) is 5.71. The molecule has 0 saturated carbocycles. The van der Waals surface area contributed by atoms with Crippen molar-refractivity contribution in [2.75, 3.05) is 31.3 Å². The van der Waals surface area contributed by atoms with Gasteiger partial charge in [0.1, 0.15) is 5.75 Å². The van der Waals surface area contributed by atoms with Crippen molar-refractivity contribution in [1.82, 2.24) is 4.90 Å². The van der Waals surface area contributed by atoms with E-state index in [0.717, 1.165) is 0 Å². The van der Waals surface area contributed by atoms with Crippen molar-refractivity contribution < 1.29 is 14.3 Å². The van der Waals surface area contributed by atoms with Crippen LogP contribution in [0.4, 0.5) is 11.4 Å². The van der Waals surface area contributed by atoms with Gasteiger partial charge in [-0.1, -0.05) is 11.6 Å². The molecule has 2 amide bonds. The molecule has 2 N–H and O–H groups in total. The number of halogens is 1. The van der Waals surface area contributed by atoms with Gasteiger partial charge in [0.05, 0.1) is 37.0 Å². The number of anilines is 2. The van der Waals surface area contributed by atoms with E-state index in [1.807, 2.05) is 6.07 Å². The Morgan fingerprint density at radius 3 is 2.50 bits per heavy atom. The minimum absolute atomic E-state index is 0.00236. The van der Waals surface area contributed by atoms with E-state index in [-0.39, 0.29) is 18.4 Å².